The maximum Gasteiger partial charge on any atom is 0.266 e. The minimum absolute atomic E-state index is 0.0155. The van der Waals surface area contributed by atoms with E-state index in [1.54, 1.807) is 16.9 Å². The molecule has 0 bridgehead atoms. The molecule has 5 nitrogen and oxygen atoms in total. The van der Waals surface area contributed by atoms with Crippen molar-refractivity contribution >= 4 is 17.7 Å². The molecule has 1 N–H and O–H groups in total. The number of nitrogens with one attached hydrogen (secondary N) is 1. The standard InChI is InChI=1S/C26H19FN4O/c27-23-13-7-8-14-24(23)29-26(32)21(16-28)15-22-18-31(17-19-9-3-1-4-10-19)30-25(22)20-11-5-2-6-12-20/h1-15,18H,17H2,(H,29,32)/b21-15-. The van der Waals surface area contributed by atoms with Crippen molar-refractivity contribution in [3.8, 4) is 17.3 Å². The first-order valence-electron chi connectivity index (χ1n) is 9.98. The fraction of sp³-hybridized carbons (Fsp3) is 0.0385. The molecule has 1 heterocycles. The number of nitrogens with zero attached hydrogens (tertiary/aromatic N) is 3. The Labute approximate surface area is 185 Å². The predicted molar refractivity (Wildman–Crippen MR) is 122 cm³/mol. The molecule has 0 aliphatic heterocycles. The Kier molecular flexibility index (Phi) is 6.19. The van der Waals surface area contributed by atoms with Crippen LogP contribution in [0.4, 0.5) is 10.1 Å². The highest BCUT2D eigenvalue weighted by Crippen LogP contribution is 2.25. The third-order valence-corrected chi connectivity index (χ3v) is 4.81. The first kappa shape index (κ1) is 20.8. The summed E-state index contributed by atoms with van der Waals surface area (Å²) in [7, 11) is 0. The second-order valence-corrected chi connectivity index (χ2v) is 7.09. The lowest BCUT2D eigenvalue weighted by atomic mass is 10.1. The van der Waals surface area contributed by atoms with E-state index in [1.165, 1.54) is 24.3 Å². The molecular formula is C26H19FN4O. The molecular weight excluding hydrogens is 403 g/mol. The minimum atomic E-state index is -0.688. The fourth-order valence-electron chi connectivity index (χ4n) is 3.27. The van der Waals surface area contributed by atoms with Crippen LogP contribution < -0.4 is 5.32 Å². The molecule has 0 saturated carbocycles. The third-order valence-electron chi connectivity index (χ3n) is 4.81. The summed E-state index contributed by atoms with van der Waals surface area (Å²) in [6, 6.07) is 27.1. The average molecular weight is 422 g/mol. The maximum atomic E-state index is 13.9. The summed E-state index contributed by atoms with van der Waals surface area (Å²) >= 11 is 0. The lowest BCUT2D eigenvalue weighted by Crippen LogP contribution is -2.14. The Morgan fingerprint density at radius 3 is 2.34 bits per heavy atom. The van der Waals surface area contributed by atoms with E-state index in [2.05, 4.69) is 5.32 Å². The van der Waals surface area contributed by atoms with Crippen LogP contribution in [-0.4, -0.2) is 15.7 Å². The average Bonchev–Trinajstić information content (AvgIpc) is 3.22. The molecule has 4 aromatic rings. The van der Waals surface area contributed by atoms with Crippen molar-refractivity contribution in [2.45, 2.75) is 6.54 Å². The molecule has 0 aliphatic carbocycles. The fourth-order valence-corrected chi connectivity index (χ4v) is 3.27. The quantitative estimate of drug-likeness (QED) is 0.339. The van der Waals surface area contributed by atoms with E-state index in [0.717, 1.165) is 11.1 Å². The van der Waals surface area contributed by atoms with Crippen LogP contribution in [0.1, 0.15) is 11.1 Å². The normalized spacial score (nSPS) is 11.1. The minimum Gasteiger partial charge on any atom is -0.319 e. The van der Waals surface area contributed by atoms with Gasteiger partial charge in [-0.25, -0.2) is 4.39 Å². The summed E-state index contributed by atoms with van der Waals surface area (Å²) in [5.41, 5.74) is 3.06. The molecule has 4 rings (SSSR count). The van der Waals surface area contributed by atoms with Crippen LogP contribution in [0, 0.1) is 17.1 Å². The van der Waals surface area contributed by atoms with Gasteiger partial charge in [-0.05, 0) is 23.8 Å². The Morgan fingerprint density at radius 1 is 1.00 bits per heavy atom. The topological polar surface area (TPSA) is 70.7 Å². The molecule has 0 aliphatic rings. The second kappa shape index (κ2) is 9.54. The zero-order chi connectivity index (χ0) is 22.3. The van der Waals surface area contributed by atoms with Gasteiger partial charge in [-0.3, -0.25) is 9.48 Å². The van der Waals surface area contributed by atoms with Gasteiger partial charge >= 0.3 is 0 Å². The number of para-hydroxylation sites is 1. The molecule has 1 amide bonds. The summed E-state index contributed by atoms with van der Waals surface area (Å²) in [5, 5.41) is 16.8. The van der Waals surface area contributed by atoms with Crippen molar-refractivity contribution in [1.29, 1.82) is 5.26 Å². The number of carbonyl (C=O) groups excluding carboxylic acids is 1. The first-order valence-corrected chi connectivity index (χ1v) is 9.98. The SMILES string of the molecule is N#C/C(=C/c1cn(Cc2ccccc2)nc1-c1ccccc1)C(=O)Nc1ccccc1F. The summed E-state index contributed by atoms with van der Waals surface area (Å²) < 4.78 is 15.7. The van der Waals surface area contributed by atoms with Gasteiger partial charge < -0.3 is 5.32 Å². The van der Waals surface area contributed by atoms with Gasteiger partial charge in [0.2, 0.25) is 0 Å². The smallest absolute Gasteiger partial charge is 0.266 e. The van der Waals surface area contributed by atoms with Crippen LogP contribution in [0.3, 0.4) is 0 Å². The number of benzene rings is 3. The zero-order valence-electron chi connectivity index (χ0n) is 17.1. The van der Waals surface area contributed by atoms with Crippen LogP contribution in [0.2, 0.25) is 0 Å². The van der Waals surface area contributed by atoms with Crippen LogP contribution in [-0.2, 0) is 11.3 Å². The van der Waals surface area contributed by atoms with Crippen molar-refractivity contribution in [3.63, 3.8) is 0 Å². The number of halogens is 1. The van der Waals surface area contributed by atoms with Crippen molar-refractivity contribution in [3.05, 3.63) is 114 Å². The largest absolute Gasteiger partial charge is 0.319 e. The van der Waals surface area contributed by atoms with E-state index in [4.69, 9.17) is 5.10 Å². The third kappa shape index (κ3) is 4.79. The van der Waals surface area contributed by atoms with Gasteiger partial charge in [0.1, 0.15) is 17.5 Å². The zero-order valence-corrected chi connectivity index (χ0v) is 17.1. The number of amides is 1. The molecule has 1 aromatic heterocycles. The molecule has 0 radical (unpaired) electrons. The van der Waals surface area contributed by atoms with Crippen LogP contribution in [0.25, 0.3) is 17.3 Å². The highest BCUT2D eigenvalue weighted by atomic mass is 19.1. The maximum absolute atomic E-state index is 13.9. The molecule has 0 spiro atoms. The van der Waals surface area contributed by atoms with Gasteiger partial charge in [-0.2, -0.15) is 10.4 Å². The van der Waals surface area contributed by atoms with Crippen molar-refractivity contribution in [2.75, 3.05) is 5.32 Å². The van der Waals surface area contributed by atoms with E-state index >= 15 is 0 Å². The van der Waals surface area contributed by atoms with Gasteiger partial charge in [-0.1, -0.05) is 72.8 Å². The van der Waals surface area contributed by atoms with Crippen LogP contribution >= 0.6 is 0 Å². The summed E-state index contributed by atoms with van der Waals surface area (Å²) in [6.45, 7) is 0.540. The van der Waals surface area contributed by atoms with Gasteiger partial charge in [0, 0.05) is 17.3 Å². The summed E-state index contributed by atoms with van der Waals surface area (Å²) in [5.74, 6) is -1.26. The monoisotopic (exact) mass is 422 g/mol. The van der Waals surface area contributed by atoms with Crippen LogP contribution in [0.5, 0.6) is 0 Å². The van der Waals surface area contributed by atoms with Crippen molar-refractivity contribution < 1.29 is 9.18 Å². The Bertz CT molecular complexity index is 1300. The number of rotatable bonds is 6. The van der Waals surface area contributed by atoms with E-state index in [-0.39, 0.29) is 11.3 Å². The molecule has 156 valence electrons. The molecule has 3 aromatic carbocycles. The van der Waals surface area contributed by atoms with Crippen molar-refractivity contribution in [1.82, 2.24) is 9.78 Å². The van der Waals surface area contributed by atoms with Crippen LogP contribution in [0.15, 0.2) is 96.7 Å². The number of hydrogen-bond donors (Lipinski definition) is 1. The molecule has 0 saturated heterocycles. The molecule has 0 unspecified atom stereocenters. The number of aromatic nitrogens is 2. The van der Waals surface area contributed by atoms with E-state index in [9.17, 15) is 14.4 Å². The van der Waals surface area contributed by atoms with E-state index in [0.29, 0.717) is 17.8 Å². The predicted octanol–water partition coefficient (Wildman–Crippen LogP) is 5.28. The number of nitriles is 1. The Hall–Kier alpha value is -4.50. The second-order valence-electron chi connectivity index (χ2n) is 7.09. The highest BCUT2D eigenvalue weighted by Gasteiger charge is 2.16. The van der Waals surface area contributed by atoms with Gasteiger partial charge in [-0.15, -0.1) is 0 Å². The molecule has 0 fully saturated rings. The summed E-state index contributed by atoms with van der Waals surface area (Å²) in [4.78, 5) is 12.7. The summed E-state index contributed by atoms with van der Waals surface area (Å²) in [6.07, 6.45) is 3.27. The number of anilines is 1. The van der Waals surface area contributed by atoms with Gasteiger partial charge in [0.25, 0.3) is 5.91 Å². The van der Waals surface area contributed by atoms with E-state index in [1.807, 2.05) is 66.7 Å². The van der Waals surface area contributed by atoms with Gasteiger partial charge in [0.15, 0.2) is 0 Å². The Morgan fingerprint density at radius 2 is 1.66 bits per heavy atom. The lowest BCUT2D eigenvalue weighted by molar-refractivity contribution is -0.112. The number of carbonyl (C=O) groups is 1. The number of hydrogen-bond acceptors (Lipinski definition) is 3. The van der Waals surface area contributed by atoms with Crippen molar-refractivity contribution in [2.24, 2.45) is 0 Å². The molecule has 6 heteroatoms. The molecule has 0 atom stereocenters. The van der Waals surface area contributed by atoms with Gasteiger partial charge in [0.05, 0.1) is 17.9 Å². The first-order chi connectivity index (χ1) is 15.6. The molecule has 32 heavy (non-hydrogen) atoms. The van der Waals surface area contributed by atoms with E-state index < -0.39 is 11.7 Å². The highest BCUT2D eigenvalue weighted by molar-refractivity contribution is 6.10. The Balaban J connectivity index is 1.70. The lowest BCUT2D eigenvalue weighted by Gasteiger charge is -2.05.